The molecular formula is C8H8BrClN2O. The molecular weight excluding hydrogens is 255 g/mol. The summed E-state index contributed by atoms with van der Waals surface area (Å²) in [4.78, 5) is 7.80. The van der Waals surface area contributed by atoms with E-state index in [0.29, 0.717) is 12.0 Å². The molecule has 5 heteroatoms. The number of rotatable bonds is 2. The zero-order valence-electron chi connectivity index (χ0n) is 6.83. The highest BCUT2D eigenvalue weighted by Gasteiger charge is 2.20. The summed E-state index contributed by atoms with van der Waals surface area (Å²) in [6.07, 6.45) is 5.36. The van der Waals surface area contributed by atoms with Crippen molar-refractivity contribution >= 4 is 27.5 Å². The fraction of sp³-hybridized carbons (Fsp3) is 0.500. The lowest BCUT2D eigenvalue weighted by Gasteiger charge is -2.25. The monoisotopic (exact) mass is 262 g/mol. The van der Waals surface area contributed by atoms with Crippen molar-refractivity contribution in [2.75, 3.05) is 0 Å². The van der Waals surface area contributed by atoms with Crippen molar-refractivity contribution in [1.29, 1.82) is 0 Å². The molecule has 1 saturated carbocycles. The van der Waals surface area contributed by atoms with Gasteiger partial charge in [0.25, 0.3) is 0 Å². The summed E-state index contributed by atoms with van der Waals surface area (Å²) < 4.78 is 6.33. The number of halogens is 2. The van der Waals surface area contributed by atoms with E-state index in [-0.39, 0.29) is 5.28 Å². The lowest BCUT2D eigenvalue weighted by Crippen LogP contribution is -2.25. The van der Waals surface area contributed by atoms with E-state index in [9.17, 15) is 0 Å². The van der Waals surface area contributed by atoms with Crippen molar-refractivity contribution in [1.82, 2.24) is 9.97 Å². The van der Waals surface area contributed by atoms with Crippen LogP contribution in [-0.2, 0) is 0 Å². The first kappa shape index (κ1) is 9.21. The van der Waals surface area contributed by atoms with Crippen molar-refractivity contribution in [3.63, 3.8) is 0 Å². The van der Waals surface area contributed by atoms with Crippen molar-refractivity contribution in [3.05, 3.63) is 16.0 Å². The average Bonchev–Trinajstić information content (AvgIpc) is 2.03. The Morgan fingerprint density at radius 1 is 1.54 bits per heavy atom. The highest BCUT2D eigenvalue weighted by Crippen LogP contribution is 2.29. The van der Waals surface area contributed by atoms with Crippen LogP contribution in [0.1, 0.15) is 19.3 Å². The molecule has 1 heterocycles. The van der Waals surface area contributed by atoms with Gasteiger partial charge in [-0.25, -0.2) is 4.98 Å². The predicted molar refractivity (Wildman–Crippen MR) is 53.0 cm³/mol. The van der Waals surface area contributed by atoms with Gasteiger partial charge in [-0.2, -0.15) is 4.98 Å². The standard InChI is InChI=1S/C8H8BrClN2O/c9-6-4-11-8(10)12-7(6)13-5-2-1-3-5/h4-5H,1-3H2. The third-order valence-corrected chi connectivity index (χ3v) is 2.74. The van der Waals surface area contributed by atoms with E-state index in [2.05, 4.69) is 25.9 Å². The van der Waals surface area contributed by atoms with Crippen LogP contribution in [0.2, 0.25) is 5.28 Å². The maximum atomic E-state index is 5.64. The zero-order valence-corrected chi connectivity index (χ0v) is 9.18. The van der Waals surface area contributed by atoms with Gasteiger partial charge in [0.15, 0.2) is 0 Å². The topological polar surface area (TPSA) is 35.0 Å². The molecule has 0 radical (unpaired) electrons. The molecule has 0 N–H and O–H groups in total. The van der Waals surface area contributed by atoms with E-state index in [1.807, 2.05) is 0 Å². The van der Waals surface area contributed by atoms with E-state index >= 15 is 0 Å². The molecule has 3 nitrogen and oxygen atoms in total. The fourth-order valence-corrected chi connectivity index (χ4v) is 1.47. The van der Waals surface area contributed by atoms with Crippen molar-refractivity contribution in [3.8, 4) is 5.88 Å². The molecule has 1 aliphatic rings. The molecule has 0 bridgehead atoms. The molecule has 0 saturated heterocycles. The lowest BCUT2D eigenvalue weighted by atomic mass is 9.96. The minimum atomic E-state index is 0.220. The Kier molecular flexibility index (Phi) is 2.69. The Morgan fingerprint density at radius 2 is 2.31 bits per heavy atom. The van der Waals surface area contributed by atoms with Crippen LogP contribution in [-0.4, -0.2) is 16.1 Å². The lowest BCUT2D eigenvalue weighted by molar-refractivity contribution is 0.113. The van der Waals surface area contributed by atoms with E-state index in [1.54, 1.807) is 6.20 Å². The second-order valence-electron chi connectivity index (χ2n) is 2.96. The highest BCUT2D eigenvalue weighted by atomic mass is 79.9. The SMILES string of the molecule is Clc1ncc(Br)c(OC2CCC2)n1. The second kappa shape index (κ2) is 3.80. The number of hydrogen-bond donors (Lipinski definition) is 0. The highest BCUT2D eigenvalue weighted by molar-refractivity contribution is 9.10. The molecule has 70 valence electrons. The number of ether oxygens (including phenoxy) is 1. The van der Waals surface area contributed by atoms with Crippen molar-refractivity contribution < 1.29 is 4.74 Å². The molecule has 0 unspecified atom stereocenters. The quantitative estimate of drug-likeness (QED) is 0.770. The molecule has 13 heavy (non-hydrogen) atoms. The van der Waals surface area contributed by atoms with Crippen molar-refractivity contribution in [2.24, 2.45) is 0 Å². The normalized spacial score (nSPS) is 16.8. The summed E-state index contributed by atoms with van der Waals surface area (Å²) in [5.41, 5.74) is 0. The average molecular weight is 264 g/mol. The summed E-state index contributed by atoms with van der Waals surface area (Å²) in [6.45, 7) is 0. The Bertz CT molecular complexity index is 317. The number of nitrogens with zero attached hydrogens (tertiary/aromatic N) is 2. The van der Waals surface area contributed by atoms with Gasteiger partial charge in [-0.3, -0.25) is 0 Å². The van der Waals surface area contributed by atoms with E-state index in [4.69, 9.17) is 16.3 Å². The van der Waals surface area contributed by atoms with Gasteiger partial charge < -0.3 is 4.74 Å². The molecule has 0 aliphatic heterocycles. The van der Waals surface area contributed by atoms with E-state index in [0.717, 1.165) is 17.3 Å². The van der Waals surface area contributed by atoms with Gasteiger partial charge in [0.2, 0.25) is 11.2 Å². The maximum Gasteiger partial charge on any atom is 0.232 e. The summed E-state index contributed by atoms with van der Waals surface area (Å²) in [5.74, 6) is 0.546. The second-order valence-corrected chi connectivity index (χ2v) is 4.16. The van der Waals surface area contributed by atoms with Crippen LogP contribution in [0, 0.1) is 0 Å². The van der Waals surface area contributed by atoms with Crippen LogP contribution in [0.25, 0.3) is 0 Å². The third-order valence-electron chi connectivity index (χ3n) is 2.01. The smallest absolute Gasteiger partial charge is 0.232 e. The molecule has 1 aromatic heterocycles. The van der Waals surface area contributed by atoms with Crippen LogP contribution in [0.3, 0.4) is 0 Å². The Labute approximate surface area is 89.6 Å². The van der Waals surface area contributed by atoms with Crippen LogP contribution in [0.15, 0.2) is 10.7 Å². The minimum Gasteiger partial charge on any atom is -0.473 e. The molecule has 1 aliphatic carbocycles. The summed E-state index contributed by atoms with van der Waals surface area (Å²) in [5, 5.41) is 0.220. The summed E-state index contributed by atoms with van der Waals surface area (Å²) in [6, 6.07) is 0. The molecule has 2 rings (SSSR count). The minimum absolute atomic E-state index is 0.220. The number of hydrogen-bond acceptors (Lipinski definition) is 3. The predicted octanol–water partition coefficient (Wildman–Crippen LogP) is 2.82. The van der Waals surface area contributed by atoms with Crippen LogP contribution in [0.5, 0.6) is 5.88 Å². The third kappa shape index (κ3) is 2.11. The fourth-order valence-electron chi connectivity index (χ4n) is 1.06. The summed E-state index contributed by atoms with van der Waals surface area (Å²) in [7, 11) is 0. The zero-order chi connectivity index (χ0) is 9.26. The van der Waals surface area contributed by atoms with Gasteiger partial charge in [-0.05, 0) is 46.8 Å². The molecule has 1 fully saturated rings. The Morgan fingerprint density at radius 3 is 2.92 bits per heavy atom. The van der Waals surface area contributed by atoms with Gasteiger partial charge in [0.05, 0.1) is 4.47 Å². The first-order valence-electron chi connectivity index (χ1n) is 4.10. The van der Waals surface area contributed by atoms with Gasteiger partial charge in [0, 0.05) is 6.20 Å². The molecule has 0 atom stereocenters. The first-order chi connectivity index (χ1) is 6.25. The molecule has 0 amide bonds. The van der Waals surface area contributed by atoms with Crippen molar-refractivity contribution in [2.45, 2.75) is 25.4 Å². The first-order valence-corrected chi connectivity index (χ1v) is 5.27. The van der Waals surface area contributed by atoms with Gasteiger partial charge in [-0.1, -0.05) is 0 Å². The molecule has 1 aromatic rings. The summed E-state index contributed by atoms with van der Waals surface area (Å²) >= 11 is 8.94. The number of aromatic nitrogens is 2. The molecule has 0 aromatic carbocycles. The van der Waals surface area contributed by atoms with Gasteiger partial charge >= 0.3 is 0 Å². The van der Waals surface area contributed by atoms with E-state index in [1.165, 1.54) is 6.42 Å². The Balaban J connectivity index is 2.13. The molecule has 0 spiro atoms. The maximum absolute atomic E-state index is 5.64. The van der Waals surface area contributed by atoms with Crippen LogP contribution >= 0.6 is 27.5 Å². The van der Waals surface area contributed by atoms with Crippen LogP contribution < -0.4 is 4.74 Å². The largest absolute Gasteiger partial charge is 0.473 e. The van der Waals surface area contributed by atoms with E-state index < -0.39 is 0 Å². The van der Waals surface area contributed by atoms with Crippen LogP contribution in [0.4, 0.5) is 0 Å². The van der Waals surface area contributed by atoms with Gasteiger partial charge in [0.1, 0.15) is 6.10 Å². The van der Waals surface area contributed by atoms with Gasteiger partial charge in [-0.15, -0.1) is 0 Å². The Hall–Kier alpha value is -0.350.